The Balaban J connectivity index is 1.61. The highest BCUT2D eigenvalue weighted by Gasteiger charge is 2.32. The molecule has 1 aliphatic heterocycles. The highest BCUT2D eigenvalue weighted by Crippen LogP contribution is 2.27. The SMILES string of the molecule is C[C@@H]1CN(C(=O)OC(C)(C)C)CCN1c1nc2ccccc2n1Cc1ccc(Br)cc1. The number of para-hydroxylation sites is 2. The van der Waals surface area contributed by atoms with Crippen LogP contribution in [0.5, 0.6) is 0 Å². The predicted octanol–water partition coefficient (Wildman–Crippen LogP) is 5.29. The van der Waals surface area contributed by atoms with Crippen molar-refractivity contribution < 1.29 is 9.53 Å². The van der Waals surface area contributed by atoms with Gasteiger partial charge in [-0.1, -0.05) is 40.2 Å². The number of carbonyl (C=O) groups excluding carboxylic acids is 1. The summed E-state index contributed by atoms with van der Waals surface area (Å²) in [5, 5.41) is 0. The standard InChI is InChI=1S/C24H29BrN4O2/c1-17-15-27(23(30)31-24(2,3)4)13-14-28(17)22-26-20-7-5-6-8-21(20)29(22)16-18-9-11-19(25)12-10-18/h5-12,17H,13-16H2,1-4H3/t17-/m1/s1. The second kappa shape index (κ2) is 8.54. The van der Waals surface area contributed by atoms with Crippen LogP contribution in [0.15, 0.2) is 53.0 Å². The number of fused-ring (bicyclic) bond motifs is 1. The fraction of sp³-hybridized carbons (Fsp3) is 0.417. The van der Waals surface area contributed by atoms with Gasteiger partial charge in [-0.15, -0.1) is 0 Å². The van der Waals surface area contributed by atoms with E-state index in [2.05, 4.69) is 74.8 Å². The first-order valence-electron chi connectivity index (χ1n) is 10.7. The molecule has 0 unspecified atom stereocenters. The maximum absolute atomic E-state index is 12.5. The lowest BCUT2D eigenvalue weighted by molar-refractivity contribution is 0.0218. The van der Waals surface area contributed by atoms with Crippen molar-refractivity contribution in [1.29, 1.82) is 0 Å². The maximum atomic E-state index is 12.5. The lowest BCUT2D eigenvalue weighted by Crippen LogP contribution is -2.55. The summed E-state index contributed by atoms with van der Waals surface area (Å²) < 4.78 is 8.92. The van der Waals surface area contributed by atoms with Gasteiger partial charge in [0.1, 0.15) is 5.60 Å². The maximum Gasteiger partial charge on any atom is 0.410 e. The normalized spacial score (nSPS) is 17.3. The van der Waals surface area contributed by atoms with E-state index in [1.54, 1.807) is 4.90 Å². The third-order valence-electron chi connectivity index (χ3n) is 5.42. The van der Waals surface area contributed by atoms with E-state index in [0.717, 1.165) is 28.0 Å². The molecule has 0 radical (unpaired) electrons. The number of carbonyl (C=O) groups is 1. The first kappa shape index (κ1) is 21.7. The van der Waals surface area contributed by atoms with Crippen LogP contribution in [-0.4, -0.2) is 51.8 Å². The molecule has 1 atom stereocenters. The van der Waals surface area contributed by atoms with Gasteiger partial charge in [0.25, 0.3) is 0 Å². The van der Waals surface area contributed by atoms with Gasteiger partial charge in [0.05, 0.1) is 17.6 Å². The Labute approximate surface area is 191 Å². The number of nitrogens with zero attached hydrogens (tertiary/aromatic N) is 4. The zero-order valence-electron chi connectivity index (χ0n) is 18.5. The third kappa shape index (κ3) is 4.87. The minimum absolute atomic E-state index is 0.127. The Bertz CT molecular complexity index is 1070. The van der Waals surface area contributed by atoms with Gasteiger partial charge in [0.15, 0.2) is 0 Å². The van der Waals surface area contributed by atoms with Crippen LogP contribution in [0.1, 0.15) is 33.3 Å². The van der Waals surface area contributed by atoms with Crippen molar-refractivity contribution in [2.75, 3.05) is 24.5 Å². The molecule has 0 spiro atoms. The number of amides is 1. The van der Waals surface area contributed by atoms with E-state index in [1.165, 1.54) is 5.56 Å². The van der Waals surface area contributed by atoms with Crippen LogP contribution in [0, 0.1) is 0 Å². The zero-order chi connectivity index (χ0) is 22.2. The van der Waals surface area contributed by atoms with Gasteiger partial charge in [-0.3, -0.25) is 0 Å². The van der Waals surface area contributed by atoms with Gasteiger partial charge in [0, 0.05) is 30.1 Å². The molecule has 0 saturated carbocycles. The number of anilines is 1. The molecule has 1 fully saturated rings. The summed E-state index contributed by atoms with van der Waals surface area (Å²) in [5.74, 6) is 0.945. The van der Waals surface area contributed by atoms with E-state index in [9.17, 15) is 4.79 Å². The van der Waals surface area contributed by atoms with Crippen molar-refractivity contribution in [2.45, 2.75) is 45.9 Å². The smallest absolute Gasteiger partial charge is 0.410 e. The van der Waals surface area contributed by atoms with Crippen LogP contribution in [-0.2, 0) is 11.3 Å². The predicted molar refractivity (Wildman–Crippen MR) is 128 cm³/mol. The molecule has 1 aromatic heterocycles. The van der Waals surface area contributed by atoms with E-state index in [-0.39, 0.29) is 12.1 Å². The molecular weight excluding hydrogens is 456 g/mol. The minimum Gasteiger partial charge on any atom is -0.444 e. The number of ether oxygens (including phenoxy) is 1. The summed E-state index contributed by atoms with van der Waals surface area (Å²) in [7, 11) is 0. The van der Waals surface area contributed by atoms with Gasteiger partial charge >= 0.3 is 6.09 Å². The average molecular weight is 485 g/mol. The number of rotatable bonds is 3. The van der Waals surface area contributed by atoms with Crippen LogP contribution in [0.2, 0.25) is 0 Å². The molecule has 6 nitrogen and oxygen atoms in total. The molecule has 4 rings (SSSR count). The van der Waals surface area contributed by atoms with Crippen LogP contribution < -0.4 is 4.90 Å². The van der Waals surface area contributed by atoms with E-state index in [0.29, 0.717) is 19.6 Å². The summed E-state index contributed by atoms with van der Waals surface area (Å²) in [6.45, 7) is 10.5. The average Bonchev–Trinajstić information content (AvgIpc) is 3.06. The molecule has 164 valence electrons. The number of hydrogen-bond donors (Lipinski definition) is 0. The number of hydrogen-bond acceptors (Lipinski definition) is 4. The Kier molecular flexibility index (Phi) is 5.97. The van der Waals surface area contributed by atoms with E-state index >= 15 is 0 Å². The summed E-state index contributed by atoms with van der Waals surface area (Å²) >= 11 is 3.51. The molecule has 2 aromatic carbocycles. The zero-order valence-corrected chi connectivity index (χ0v) is 20.1. The third-order valence-corrected chi connectivity index (χ3v) is 5.95. The highest BCUT2D eigenvalue weighted by molar-refractivity contribution is 9.10. The lowest BCUT2D eigenvalue weighted by Gasteiger charge is -2.40. The van der Waals surface area contributed by atoms with Crippen molar-refractivity contribution in [1.82, 2.24) is 14.5 Å². The molecule has 31 heavy (non-hydrogen) atoms. The Morgan fingerprint density at radius 2 is 1.84 bits per heavy atom. The molecular formula is C24H29BrN4O2. The number of benzene rings is 2. The molecule has 3 aromatic rings. The largest absolute Gasteiger partial charge is 0.444 e. The van der Waals surface area contributed by atoms with Crippen LogP contribution in [0.3, 0.4) is 0 Å². The molecule has 0 bridgehead atoms. The van der Waals surface area contributed by atoms with Crippen LogP contribution in [0.25, 0.3) is 11.0 Å². The highest BCUT2D eigenvalue weighted by atomic mass is 79.9. The summed E-state index contributed by atoms with van der Waals surface area (Å²) in [6, 6.07) is 16.8. The second-order valence-corrected chi connectivity index (χ2v) is 10.00. The van der Waals surface area contributed by atoms with E-state index in [1.807, 2.05) is 26.8 Å². The van der Waals surface area contributed by atoms with Crippen LogP contribution in [0.4, 0.5) is 10.7 Å². The second-order valence-electron chi connectivity index (χ2n) is 9.08. The molecule has 2 heterocycles. The Morgan fingerprint density at radius 3 is 2.52 bits per heavy atom. The summed E-state index contributed by atoms with van der Waals surface area (Å²) in [6.07, 6.45) is -0.248. The van der Waals surface area contributed by atoms with Crippen LogP contribution >= 0.6 is 15.9 Å². The van der Waals surface area contributed by atoms with Gasteiger partial charge in [-0.2, -0.15) is 0 Å². The lowest BCUT2D eigenvalue weighted by atomic mass is 10.2. The quantitative estimate of drug-likeness (QED) is 0.506. The topological polar surface area (TPSA) is 50.6 Å². The minimum atomic E-state index is -0.490. The van der Waals surface area contributed by atoms with E-state index < -0.39 is 5.60 Å². The fourth-order valence-electron chi connectivity index (χ4n) is 3.96. The first-order chi connectivity index (χ1) is 14.7. The van der Waals surface area contributed by atoms with Crippen molar-refractivity contribution in [3.05, 3.63) is 58.6 Å². The molecule has 0 aliphatic carbocycles. The number of halogens is 1. The number of aromatic nitrogens is 2. The summed E-state index contributed by atoms with van der Waals surface area (Å²) in [4.78, 5) is 21.6. The number of imidazole rings is 1. The van der Waals surface area contributed by atoms with Crippen molar-refractivity contribution >= 4 is 39.0 Å². The molecule has 1 saturated heterocycles. The van der Waals surface area contributed by atoms with Gasteiger partial charge in [0.2, 0.25) is 5.95 Å². The van der Waals surface area contributed by atoms with Crippen molar-refractivity contribution in [2.24, 2.45) is 0 Å². The van der Waals surface area contributed by atoms with Crippen molar-refractivity contribution in [3.8, 4) is 0 Å². The van der Waals surface area contributed by atoms with Gasteiger partial charge < -0.3 is 19.1 Å². The van der Waals surface area contributed by atoms with Gasteiger partial charge in [-0.25, -0.2) is 9.78 Å². The fourth-order valence-corrected chi connectivity index (χ4v) is 4.22. The Hall–Kier alpha value is -2.54. The Morgan fingerprint density at radius 1 is 1.13 bits per heavy atom. The summed E-state index contributed by atoms with van der Waals surface area (Å²) in [5.41, 5.74) is 2.82. The molecule has 0 N–H and O–H groups in total. The molecule has 1 aliphatic rings. The van der Waals surface area contributed by atoms with E-state index in [4.69, 9.17) is 9.72 Å². The van der Waals surface area contributed by atoms with Crippen molar-refractivity contribution in [3.63, 3.8) is 0 Å². The van der Waals surface area contributed by atoms with Gasteiger partial charge in [-0.05, 0) is 57.5 Å². The first-order valence-corrected chi connectivity index (χ1v) is 11.4. The molecule has 7 heteroatoms. The monoisotopic (exact) mass is 484 g/mol. The number of piperazine rings is 1. The molecule has 1 amide bonds.